The minimum Gasteiger partial charge on any atom is -0.478 e. The molecule has 0 fully saturated rings. The molecule has 0 aromatic carbocycles. The van der Waals surface area contributed by atoms with Crippen molar-refractivity contribution in [1.82, 2.24) is 14.5 Å². The van der Waals surface area contributed by atoms with E-state index < -0.39 is 11.9 Å². The maximum Gasteiger partial charge on any atom is 0.339 e. The van der Waals surface area contributed by atoms with Gasteiger partial charge < -0.3 is 15.0 Å². The van der Waals surface area contributed by atoms with Gasteiger partial charge >= 0.3 is 5.97 Å². The largest absolute Gasteiger partial charge is 0.478 e. The molecule has 0 saturated carbocycles. The number of halogens is 1. The Labute approximate surface area is 145 Å². The lowest BCUT2D eigenvalue weighted by atomic mass is 10.2. The number of amides is 1. The summed E-state index contributed by atoms with van der Waals surface area (Å²) in [5.74, 6) is -1.64. The first-order valence-corrected chi connectivity index (χ1v) is 7.98. The van der Waals surface area contributed by atoms with E-state index in [1.165, 1.54) is 29.9 Å². The summed E-state index contributed by atoms with van der Waals surface area (Å²) >= 11 is 7.21. The first-order valence-electron chi connectivity index (χ1n) is 6.72. The lowest BCUT2D eigenvalue weighted by Crippen LogP contribution is -2.14. The van der Waals surface area contributed by atoms with Gasteiger partial charge in [0.1, 0.15) is 10.7 Å². The third-order valence-corrected chi connectivity index (χ3v) is 4.76. The molecule has 0 aliphatic carbocycles. The maximum atomic E-state index is 12.3. The number of nitrogens with zero attached hydrogens (tertiary/aromatic N) is 3. The molecule has 9 heteroatoms. The predicted octanol–water partition coefficient (Wildman–Crippen LogP) is 3.15. The molecule has 2 N–H and O–H groups in total. The van der Waals surface area contributed by atoms with Crippen molar-refractivity contribution in [3.63, 3.8) is 0 Å². The number of carbonyl (C=O) groups excluding carboxylic acids is 1. The highest BCUT2D eigenvalue weighted by Gasteiger charge is 2.23. The van der Waals surface area contributed by atoms with Gasteiger partial charge in [-0.15, -0.1) is 11.3 Å². The number of carboxylic acid groups (broad SMARTS) is 1. The van der Waals surface area contributed by atoms with E-state index in [9.17, 15) is 14.7 Å². The second kappa shape index (κ2) is 6.42. The number of carbonyl (C=O) groups is 2. The number of hydrogen-bond acceptors (Lipinski definition) is 5. The van der Waals surface area contributed by atoms with Crippen molar-refractivity contribution in [3.8, 4) is 10.6 Å². The van der Waals surface area contributed by atoms with E-state index in [1.54, 1.807) is 29.3 Å². The molecule has 24 heavy (non-hydrogen) atoms. The highest BCUT2D eigenvalue weighted by molar-refractivity contribution is 7.14. The van der Waals surface area contributed by atoms with Crippen molar-refractivity contribution in [2.75, 3.05) is 5.32 Å². The third kappa shape index (κ3) is 2.89. The molecular weight excluding hydrogens is 352 g/mol. The SMILES string of the molecule is Cn1ccc(C(=O)Nc2csc(-c3cnccn3)c2C(=O)O)c1Cl. The third-order valence-electron chi connectivity index (χ3n) is 3.29. The van der Waals surface area contributed by atoms with Crippen molar-refractivity contribution < 1.29 is 14.7 Å². The summed E-state index contributed by atoms with van der Waals surface area (Å²) in [6, 6.07) is 1.56. The fourth-order valence-corrected chi connectivity index (χ4v) is 3.30. The molecule has 7 nitrogen and oxygen atoms in total. The Kier molecular flexibility index (Phi) is 4.32. The van der Waals surface area contributed by atoms with E-state index >= 15 is 0 Å². The molecule has 0 spiro atoms. The quantitative estimate of drug-likeness (QED) is 0.743. The zero-order valence-electron chi connectivity index (χ0n) is 12.4. The molecule has 122 valence electrons. The van der Waals surface area contributed by atoms with Crippen LogP contribution in [0.2, 0.25) is 5.15 Å². The van der Waals surface area contributed by atoms with Crippen LogP contribution in [0.5, 0.6) is 0 Å². The highest BCUT2D eigenvalue weighted by atomic mass is 35.5. The molecule has 0 aliphatic rings. The second-order valence-electron chi connectivity index (χ2n) is 4.83. The number of anilines is 1. The summed E-state index contributed by atoms with van der Waals surface area (Å²) in [5.41, 5.74) is 0.861. The molecule has 0 bridgehead atoms. The zero-order valence-corrected chi connectivity index (χ0v) is 13.9. The van der Waals surface area contributed by atoms with Gasteiger partial charge in [-0.2, -0.15) is 0 Å². The minimum absolute atomic E-state index is 0.0269. The fraction of sp³-hybridized carbons (Fsp3) is 0.0667. The van der Waals surface area contributed by atoms with Gasteiger partial charge in [-0.3, -0.25) is 14.8 Å². The molecule has 0 unspecified atom stereocenters. The van der Waals surface area contributed by atoms with Gasteiger partial charge in [0.2, 0.25) is 0 Å². The Bertz CT molecular complexity index is 920. The van der Waals surface area contributed by atoms with Gasteiger partial charge in [0.05, 0.1) is 28.0 Å². The fourth-order valence-electron chi connectivity index (χ4n) is 2.14. The topological polar surface area (TPSA) is 97.1 Å². The standard InChI is InChI=1S/C15H11ClN4O3S/c1-20-5-2-8(13(20)16)14(21)19-10-7-24-12(11(10)15(22)23)9-6-17-3-4-18-9/h2-7H,1H3,(H,19,21)(H,22,23). The highest BCUT2D eigenvalue weighted by Crippen LogP contribution is 2.35. The van der Waals surface area contributed by atoms with E-state index in [0.29, 0.717) is 10.6 Å². The Balaban J connectivity index is 1.97. The summed E-state index contributed by atoms with van der Waals surface area (Å²) in [6.07, 6.45) is 6.09. The molecule has 3 rings (SSSR count). The van der Waals surface area contributed by atoms with Crippen molar-refractivity contribution in [2.45, 2.75) is 0 Å². The average molecular weight is 363 g/mol. The van der Waals surface area contributed by atoms with Gasteiger partial charge in [0.25, 0.3) is 5.91 Å². The van der Waals surface area contributed by atoms with E-state index in [1.807, 2.05) is 0 Å². The lowest BCUT2D eigenvalue weighted by Gasteiger charge is -2.05. The lowest BCUT2D eigenvalue weighted by molar-refractivity contribution is 0.0699. The van der Waals surface area contributed by atoms with Crippen LogP contribution in [0.1, 0.15) is 20.7 Å². The van der Waals surface area contributed by atoms with Gasteiger partial charge in [-0.1, -0.05) is 11.6 Å². The number of aromatic nitrogens is 3. The van der Waals surface area contributed by atoms with E-state index in [2.05, 4.69) is 15.3 Å². The second-order valence-corrected chi connectivity index (χ2v) is 6.07. The Hall–Kier alpha value is -2.71. The van der Waals surface area contributed by atoms with E-state index in [0.717, 1.165) is 0 Å². The Morgan fingerprint density at radius 1 is 1.38 bits per heavy atom. The van der Waals surface area contributed by atoms with Crippen LogP contribution in [0.3, 0.4) is 0 Å². The molecule has 3 aromatic heterocycles. The number of aromatic carboxylic acids is 1. The summed E-state index contributed by atoms with van der Waals surface area (Å²) in [5, 5.41) is 13.9. The molecule has 0 saturated heterocycles. The van der Waals surface area contributed by atoms with E-state index in [4.69, 9.17) is 11.6 Å². The van der Waals surface area contributed by atoms with Crippen LogP contribution in [-0.2, 0) is 7.05 Å². The average Bonchev–Trinajstić information content (AvgIpc) is 3.13. The van der Waals surface area contributed by atoms with Crippen LogP contribution < -0.4 is 5.32 Å². The van der Waals surface area contributed by atoms with Crippen LogP contribution in [0.25, 0.3) is 10.6 Å². The molecule has 3 heterocycles. The maximum absolute atomic E-state index is 12.3. The van der Waals surface area contributed by atoms with Crippen LogP contribution >= 0.6 is 22.9 Å². The van der Waals surface area contributed by atoms with Crippen LogP contribution in [-0.4, -0.2) is 31.5 Å². The van der Waals surface area contributed by atoms with Crippen LogP contribution in [0.4, 0.5) is 5.69 Å². The molecule has 0 aliphatic heterocycles. The van der Waals surface area contributed by atoms with Gasteiger partial charge in [-0.25, -0.2) is 4.79 Å². The molecular formula is C15H11ClN4O3S. The van der Waals surface area contributed by atoms with Crippen molar-refractivity contribution in [1.29, 1.82) is 0 Å². The summed E-state index contributed by atoms with van der Waals surface area (Å²) in [7, 11) is 1.71. The first-order chi connectivity index (χ1) is 11.5. The first kappa shape index (κ1) is 16.2. The molecule has 1 amide bonds. The predicted molar refractivity (Wildman–Crippen MR) is 90.7 cm³/mol. The van der Waals surface area contributed by atoms with Crippen LogP contribution in [0.15, 0.2) is 36.2 Å². The number of thiophene rings is 1. The Morgan fingerprint density at radius 3 is 2.75 bits per heavy atom. The van der Waals surface area contributed by atoms with Crippen molar-refractivity contribution in [3.05, 3.63) is 52.5 Å². The normalized spacial score (nSPS) is 10.6. The molecule has 3 aromatic rings. The van der Waals surface area contributed by atoms with Gasteiger partial charge in [0, 0.05) is 31.0 Å². The van der Waals surface area contributed by atoms with Gasteiger partial charge in [0.15, 0.2) is 0 Å². The van der Waals surface area contributed by atoms with Crippen molar-refractivity contribution >= 4 is 40.5 Å². The summed E-state index contributed by atoms with van der Waals surface area (Å²) < 4.78 is 1.59. The number of aryl methyl sites for hydroxylation is 1. The van der Waals surface area contributed by atoms with Crippen LogP contribution in [0, 0.1) is 0 Å². The monoisotopic (exact) mass is 362 g/mol. The minimum atomic E-state index is -1.16. The Morgan fingerprint density at radius 2 is 2.17 bits per heavy atom. The molecule has 0 atom stereocenters. The van der Waals surface area contributed by atoms with Crippen molar-refractivity contribution in [2.24, 2.45) is 7.05 Å². The zero-order chi connectivity index (χ0) is 17.3. The number of nitrogens with one attached hydrogen (secondary N) is 1. The van der Waals surface area contributed by atoms with Gasteiger partial charge in [-0.05, 0) is 6.07 Å². The summed E-state index contributed by atoms with van der Waals surface area (Å²) in [6.45, 7) is 0. The number of carboxylic acids is 1. The molecule has 0 radical (unpaired) electrons. The number of hydrogen-bond donors (Lipinski definition) is 2. The number of rotatable bonds is 4. The summed E-state index contributed by atoms with van der Waals surface area (Å²) in [4.78, 5) is 32.5. The smallest absolute Gasteiger partial charge is 0.339 e. The van der Waals surface area contributed by atoms with E-state index in [-0.39, 0.29) is 22.0 Å².